The van der Waals surface area contributed by atoms with E-state index in [1.54, 1.807) is 4.90 Å². The second-order valence-corrected chi connectivity index (χ2v) is 10.4. The molecule has 2 N–H and O–H groups in total. The molecule has 3 aliphatic rings. The summed E-state index contributed by atoms with van der Waals surface area (Å²) >= 11 is 0. The second kappa shape index (κ2) is 10.6. The van der Waals surface area contributed by atoms with Gasteiger partial charge in [0.2, 0.25) is 5.91 Å². The number of alkyl halides is 3. The topological polar surface area (TPSA) is 90.8 Å². The van der Waals surface area contributed by atoms with Gasteiger partial charge in [0.05, 0.1) is 17.7 Å². The molecule has 1 saturated heterocycles. The van der Waals surface area contributed by atoms with Crippen molar-refractivity contribution in [3.05, 3.63) is 47.2 Å². The predicted molar refractivity (Wildman–Crippen MR) is 130 cm³/mol. The van der Waals surface area contributed by atoms with Gasteiger partial charge < -0.3 is 25.0 Å². The molecule has 0 spiro atoms. The Morgan fingerprint density at radius 3 is 2.61 bits per heavy atom. The average molecular weight is 538 g/mol. The van der Waals surface area contributed by atoms with Gasteiger partial charge in [0.25, 0.3) is 0 Å². The number of carbonyl (C=O) groups excluding carboxylic acids is 1. The van der Waals surface area contributed by atoms with E-state index in [-0.39, 0.29) is 18.4 Å². The number of benzene rings is 1. The van der Waals surface area contributed by atoms with E-state index in [9.17, 15) is 27.5 Å². The molecule has 1 aromatic heterocycles. The molecule has 2 fully saturated rings. The Morgan fingerprint density at radius 1 is 1.21 bits per heavy atom. The maximum Gasteiger partial charge on any atom is 0.573 e. The number of carbonyl (C=O) groups is 1. The van der Waals surface area contributed by atoms with E-state index in [0.717, 1.165) is 42.9 Å². The zero-order valence-electron chi connectivity index (χ0n) is 21.0. The zero-order chi connectivity index (χ0) is 27.0. The molecule has 38 heavy (non-hydrogen) atoms. The van der Waals surface area contributed by atoms with Gasteiger partial charge >= 0.3 is 6.36 Å². The van der Waals surface area contributed by atoms with Crippen molar-refractivity contribution in [2.75, 3.05) is 44.2 Å². The number of fused-ring (bicyclic) bond motifs is 1. The summed E-state index contributed by atoms with van der Waals surface area (Å²) in [5.74, 6) is -1.61. The van der Waals surface area contributed by atoms with Crippen LogP contribution in [-0.4, -0.2) is 71.5 Å². The highest BCUT2D eigenvalue weighted by Crippen LogP contribution is 2.43. The molecule has 1 amide bonds. The Bertz CT molecular complexity index is 1170. The monoisotopic (exact) mass is 537 g/mol. The predicted octanol–water partition coefficient (Wildman–Crippen LogP) is 3.49. The molecular weight excluding hydrogens is 506 g/mol. The summed E-state index contributed by atoms with van der Waals surface area (Å²) in [5.41, 5.74) is 1.89. The van der Waals surface area contributed by atoms with E-state index in [0.29, 0.717) is 49.8 Å². The van der Waals surface area contributed by atoms with Gasteiger partial charge in [-0.3, -0.25) is 4.79 Å². The second-order valence-electron chi connectivity index (χ2n) is 10.4. The number of hydrogen-bond acceptors (Lipinski definition) is 7. The number of piperazine rings is 1. The van der Waals surface area contributed by atoms with Gasteiger partial charge in [0.15, 0.2) is 11.6 Å². The molecule has 8 nitrogen and oxygen atoms in total. The van der Waals surface area contributed by atoms with E-state index in [2.05, 4.69) is 24.9 Å². The van der Waals surface area contributed by atoms with Crippen molar-refractivity contribution in [1.29, 1.82) is 0 Å². The van der Waals surface area contributed by atoms with Crippen LogP contribution in [0.2, 0.25) is 0 Å². The highest BCUT2D eigenvalue weighted by atomic mass is 19.4. The first-order chi connectivity index (χ1) is 18.1. The van der Waals surface area contributed by atoms with Gasteiger partial charge in [0, 0.05) is 38.3 Å². The van der Waals surface area contributed by atoms with Crippen LogP contribution in [0.4, 0.5) is 23.4 Å². The van der Waals surface area contributed by atoms with Crippen molar-refractivity contribution in [2.24, 2.45) is 5.92 Å². The third-order valence-electron chi connectivity index (χ3n) is 7.53. The third-order valence-corrected chi connectivity index (χ3v) is 7.53. The van der Waals surface area contributed by atoms with Crippen molar-refractivity contribution in [3.8, 4) is 5.75 Å². The Hall–Kier alpha value is -2.99. The first-order valence-corrected chi connectivity index (χ1v) is 12.9. The molecule has 1 aliphatic heterocycles. The lowest BCUT2D eigenvalue weighted by molar-refractivity contribution is -0.275. The maximum atomic E-state index is 14.5. The molecule has 2 aliphatic carbocycles. The highest BCUT2D eigenvalue weighted by Gasteiger charge is 2.36. The molecule has 0 bridgehead atoms. The van der Waals surface area contributed by atoms with Crippen LogP contribution in [0.5, 0.6) is 5.75 Å². The number of amides is 1. The molecule has 5 rings (SSSR count). The number of aliphatic hydroxyl groups excluding tert-OH is 1. The van der Waals surface area contributed by atoms with Crippen LogP contribution in [0.3, 0.4) is 0 Å². The van der Waals surface area contributed by atoms with Crippen LogP contribution in [0.1, 0.15) is 60.9 Å². The summed E-state index contributed by atoms with van der Waals surface area (Å²) in [7, 11) is 0. The number of nitrogens with one attached hydrogen (secondary N) is 1. The SMILES string of the molecule is C[C@@H]1C[C@H](O)c2ncnc(N3CCN(C(=O)[C@H](CNCC4CC4)c4ccc(OC(F)(F)F)c(F)c4)CC3)c21. The zero-order valence-corrected chi connectivity index (χ0v) is 21.0. The van der Waals surface area contributed by atoms with Crippen LogP contribution in [0.25, 0.3) is 0 Å². The third kappa shape index (κ3) is 5.85. The lowest BCUT2D eigenvalue weighted by Gasteiger charge is -2.38. The Balaban J connectivity index is 1.29. The summed E-state index contributed by atoms with van der Waals surface area (Å²) in [6.45, 7) is 4.88. The molecular formula is C26H31F4N5O3. The quantitative estimate of drug-likeness (QED) is 0.499. The van der Waals surface area contributed by atoms with Gasteiger partial charge in [-0.2, -0.15) is 0 Å². The Kier molecular flexibility index (Phi) is 7.45. The van der Waals surface area contributed by atoms with Crippen LogP contribution < -0.4 is 15.0 Å². The van der Waals surface area contributed by atoms with Crippen LogP contribution in [0.15, 0.2) is 24.5 Å². The van der Waals surface area contributed by atoms with Crippen molar-refractivity contribution >= 4 is 11.7 Å². The first-order valence-electron chi connectivity index (χ1n) is 12.9. The smallest absolute Gasteiger partial charge is 0.403 e. The van der Waals surface area contributed by atoms with Crippen LogP contribution >= 0.6 is 0 Å². The Labute approximate surface area is 218 Å². The lowest BCUT2D eigenvalue weighted by Crippen LogP contribution is -2.51. The van der Waals surface area contributed by atoms with E-state index < -0.39 is 30.0 Å². The minimum Gasteiger partial charge on any atom is -0.403 e. The summed E-state index contributed by atoms with van der Waals surface area (Å²) in [6, 6.07) is 3.19. The first kappa shape index (κ1) is 26.6. The number of anilines is 1. The van der Waals surface area contributed by atoms with Crippen molar-refractivity contribution in [1.82, 2.24) is 20.2 Å². The van der Waals surface area contributed by atoms with Gasteiger partial charge in [-0.05, 0) is 55.3 Å². The number of aliphatic hydroxyl groups is 1. The van der Waals surface area contributed by atoms with E-state index in [1.165, 1.54) is 12.4 Å². The molecule has 0 radical (unpaired) electrons. The van der Waals surface area contributed by atoms with Gasteiger partial charge in [-0.25, -0.2) is 14.4 Å². The summed E-state index contributed by atoms with van der Waals surface area (Å²) < 4.78 is 56.0. The standard InChI is InChI=1S/C26H31F4N5O3/c1-15-10-20(36)23-22(15)24(33-14-32-23)34-6-8-35(9-7-34)25(37)18(13-31-12-16-2-3-16)17-4-5-21(19(27)11-17)38-26(28,29)30/h4-5,11,14-16,18,20,31,36H,2-3,6-10,12-13H2,1H3/t15-,18-,20+/m1/s1. The van der Waals surface area contributed by atoms with E-state index in [4.69, 9.17) is 0 Å². The fourth-order valence-electron chi connectivity index (χ4n) is 5.36. The normalized spacial score (nSPS) is 22.4. The average Bonchev–Trinajstić information content (AvgIpc) is 3.66. The number of aromatic nitrogens is 2. The fraction of sp³-hybridized carbons (Fsp3) is 0.577. The summed E-state index contributed by atoms with van der Waals surface area (Å²) in [4.78, 5) is 26.1. The lowest BCUT2D eigenvalue weighted by atomic mass is 9.96. The van der Waals surface area contributed by atoms with Crippen molar-refractivity contribution in [2.45, 2.75) is 50.5 Å². The van der Waals surface area contributed by atoms with Gasteiger partial charge in [0.1, 0.15) is 12.1 Å². The molecule has 12 heteroatoms. The summed E-state index contributed by atoms with van der Waals surface area (Å²) in [6.07, 6.45) is -1.33. The Morgan fingerprint density at radius 2 is 1.95 bits per heavy atom. The molecule has 3 atom stereocenters. The molecule has 2 aromatic rings. The van der Waals surface area contributed by atoms with Gasteiger partial charge in [-0.1, -0.05) is 13.0 Å². The summed E-state index contributed by atoms with van der Waals surface area (Å²) in [5, 5.41) is 13.6. The molecule has 2 heterocycles. The highest BCUT2D eigenvalue weighted by molar-refractivity contribution is 5.84. The van der Waals surface area contributed by atoms with Crippen LogP contribution in [0, 0.1) is 11.7 Å². The number of ether oxygens (including phenoxy) is 1. The molecule has 206 valence electrons. The van der Waals surface area contributed by atoms with Crippen molar-refractivity contribution in [3.63, 3.8) is 0 Å². The molecule has 1 saturated carbocycles. The molecule has 0 unspecified atom stereocenters. The fourth-order valence-corrected chi connectivity index (χ4v) is 5.36. The van der Waals surface area contributed by atoms with Crippen LogP contribution in [-0.2, 0) is 4.79 Å². The number of halogens is 4. The van der Waals surface area contributed by atoms with Crippen molar-refractivity contribution < 1.29 is 32.2 Å². The van der Waals surface area contributed by atoms with E-state index >= 15 is 0 Å². The maximum absolute atomic E-state index is 14.5. The number of rotatable bonds is 8. The minimum atomic E-state index is -5.01. The van der Waals surface area contributed by atoms with E-state index in [1.807, 2.05) is 6.92 Å². The number of hydrogen-bond donors (Lipinski definition) is 2. The number of nitrogens with zero attached hydrogens (tertiary/aromatic N) is 4. The van der Waals surface area contributed by atoms with Gasteiger partial charge in [-0.15, -0.1) is 13.2 Å². The largest absolute Gasteiger partial charge is 0.573 e. The molecule has 1 aromatic carbocycles. The minimum absolute atomic E-state index is 0.122.